The largest absolute Gasteiger partial charge is 0.494 e. The molecule has 0 saturated heterocycles. The van der Waals surface area contributed by atoms with Crippen molar-refractivity contribution in [1.29, 1.82) is 0 Å². The van der Waals surface area contributed by atoms with E-state index < -0.39 is 11.9 Å². The van der Waals surface area contributed by atoms with E-state index in [0.717, 1.165) is 9.35 Å². The molecule has 0 spiro atoms. The van der Waals surface area contributed by atoms with Crippen LogP contribution in [-0.2, 0) is 0 Å². The van der Waals surface area contributed by atoms with Crippen molar-refractivity contribution in [3.63, 3.8) is 0 Å². The molecule has 0 saturated carbocycles. The van der Waals surface area contributed by atoms with Crippen LogP contribution in [0.4, 0.5) is 4.39 Å². The Hall–Kier alpha value is -0.950. The van der Waals surface area contributed by atoms with Gasteiger partial charge in [-0.15, -0.1) is 11.3 Å². The number of methoxy groups -OCH3 is 1. The molecule has 96 valence electrons. The van der Waals surface area contributed by atoms with E-state index >= 15 is 0 Å². The summed E-state index contributed by atoms with van der Waals surface area (Å²) in [4.78, 5) is 0. The van der Waals surface area contributed by atoms with Gasteiger partial charge < -0.3 is 4.74 Å². The van der Waals surface area contributed by atoms with Crippen LogP contribution < -0.4 is 16.0 Å². The summed E-state index contributed by atoms with van der Waals surface area (Å²) in [6.45, 7) is 0. The standard InChI is InChI=1S/C12H12BrFN2OS/c1-17-9-4-2-3-8(11(9)14)12(16-15)7-5-10(13)18-6-7/h2-6,12,16H,15H2,1H3. The molecule has 1 heterocycles. The fraction of sp³-hybridized carbons (Fsp3) is 0.167. The summed E-state index contributed by atoms with van der Waals surface area (Å²) in [5.41, 5.74) is 3.99. The second-order valence-corrected chi connectivity index (χ2v) is 5.94. The normalized spacial score (nSPS) is 12.4. The number of nitrogens with one attached hydrogen (secondary N) is 1. The molecule has 0 fully saturated rings. The van der Waals surface area contributed by atoms with Crippen molar-refractivity contribution in [2.24, 2.45) is 5.84 Å². The van der Waals surface area contributed by atoms with Crippen LogP contribution in [-0.4, -0.2) is 7.11 Å². The second kappa shape index (κ2) is 5.79. The lowest BCUT2D eigenvalue weighted by Gasteiger charge is -2.17. The molecule has 2 aromatic rings. The Morgan fingerprint density at radius 3 is 2.83 bits per heavy atom. The minimum absolute atomic E-state index is 0.210. The fourth-order valence-electron chi connectivity index (χ4n) is 1.75. The lowest BCUT2D eigenvalue weighted by atomic mass is 10.0. The molecule has 0 aliphatic rings. The third kappa shape index (κ3) is 2.56. The monoisotopic (exact) mass is 330 g/mol. The summed E-state index contributed by atoms with van der Waals surface area (Å²) < 4.78 is 20.1. The van der Waals surface area contributed by atoms with Crippen molar-refractivity contribution in [3.05, 3.63) is 50.4 Å². The molecule has 1 aromatic carbocycles. The molecule has 0 aliphatic heterocycles. The van der Waals surface area contributed by atoms with Crippen LogP contribution in [0.5, 0.6) is 5.75 Å². The van der Waals surface area contributed by atoms with Crippen molar-refractivity contribution >= 4 is 27.3 Å². The van der Waals surface area contributed by atoms with Gasteiger partial charge >= 0.3 is 0 Å². The maximum absolute atomic E-state index is 14.2. The molecule has 1 aromatic heterocycles. The first kappa shape index (κ1) is 13.5. The molecule has 1 atom stereocenters. The highest BCUT2D eigenvalue weighted by molar-refractivity contribution is 9.11. The molecule has 0 amide bonds. The summed E-state index contributed by atoms with van der Waals surface area (Å²) in [5, 5.41) is 1.92. The SMILES string of the molecule is COc1cccc(C(NN)c2csc(Br)c2)c1F. The van der Waals surface area contributed by atoms with Gasteiger partial charge in [0.15, 0.2) is 11.6 Å². The molecule has 18 heavy (non-hydrogen) atoms. The number of hydrogen-bond acceptors (Lipinski definition) is 4. The van der Waals surface area contributed by atoms with Crippen molar-refractivity contribution in [2.45, 2.75) is 6.04 Å². The van der Waals surface area contributed by atoms with Crippen LogP contribution in [0.25, 0.3) is 0 Å². The van der Waals surface area contributed by atoms with E-state index in [-0.39, 0.29) is 5.75 Å². The third-order valence-corrected chi connectivity index (χ3v) is 4.13. The molecule has 6 heteroatoms. The Morgan fingerprint density at radius 1 is 1.50 bits per heavy atom. The van der Waals surface area contributed by atoms with E-state index in [9.17, 15) is 4.39 Å². The van der Waals surface area contributed by atoms with E-state index in [2.05, 4.69) is 21.4 Å². The predicted molar refractivity (Wildman–Crippen MR) is 74.1 cm³/mol. The highest BCUT2D eigenvalue weighted by Crippen LogP contribution is 2.32. The number of halogens is 2. The van der Waals surface area contributed by atoms with Gasteiger partial charge in [-0.3, -0.25) is 5.84 Å². The van der Waals surface area contributed by atoms with Crippen molar-refractivity contribution < 1.29 is 9.13 Å². The Morgan fingerprint density at radius 2 is 2.28 bits per heavy atom. The number of thiophene rings is 1. The number of hydrazine groups is 1. The lowest BCUT2D eigenvalue weighted by molar-refractivity contribution is 0.382. The first-order valence-electron chi connectivity index (χ1n) is 5.19. The van der Waals surface area contributed by atoms with E-state index in [4.69, 9.17) is 10.6 Å². The quantitative estimate of drug-likeness (QED) is 0.668. The summed E-state index contributed by atoms with van der Waals surface area (Å²) in [6, 6.07) is 6.52. The minimum atomic E-state index is -0.400. The first-order valence-corrected chi connectivity index (χ1v) is 6.87. The molecular formula is C12H12BrFN2OS. The molecule has 2 rings (SSSR count). The van der Waals surface area contributed by atoms with Crippen LogP contribution >= 0.6 is 27.3 Å². The first-order chi connectivity index (χ1) is 8.67. The molecule has 0 radical (unpaired) electrons. The number of ether oxygens (including phenoxy) is 1. The average Bonchev–Trinajstić information content (AvgIpc) is 2.79. The van der Waals surface area contributed by atoms with Crippen molar-refractivity contribution in [2.75, 3.05) is 7.11 Å². The highest BCUT2D eigenvalue weighted by atomic mass is 79.9. The zero-order chi connectivity index (χ0) is 13.1. The van der Waals surface area contributed by atoms with Gasteiger partial charge in [0.2, 0.25) is 0 Å². The molecule has 0 aliphatic carbocycles. The number of rotatable bonds is 4. The zero-order valence-electron chi connectivity index (χ0n) is 9.61. The van der Waals surface area contributed by atoms with E-state index in [0.29, 0.717) is 5.56 Å². The van der Waals surface area contributed by atoms with E-state index in [1.165, 1.54) is 18.4 Å². The van der Waals surface area contributed by atoms with Crippen LogP contribution in [0.1, 0.15) is 17.2 Å². The maximum atomic E-state index is 14.2. The van der Waals surface area contributed by atoms with Crippen LogP contribution in [0.3, 0.4) is 0 Å². The Kier molecular flexibility index (Phi) is 4.34. The van der Waals surface area contributed by atoms with Gasteiger partial charge in [0, 0.05) is 5.56 Å². The van der Waals surface area contributed by atoms with Crippen LogP contribution in [0.2, 0.25) is 0 Å². The topological polar surface area (TPSA) is 47.3 Å². The summed E-state index contributed by atoms with van der Waals surface area (Å²) in [7, 11) is 1.44. The maximum Gasteiger partial charge on any atom is 0.170 e. The lowest BCUT2D eigenvalue weighted by Crippen LogP contribution is -2.29. The van der Waals surface area contributed by atoms with Gasteiger partial charge in [-0.25, -0.2) is 9.82 Å². The van der Waals surface area contributed by atoms with Crippen LogP contribution in [0, 0.1) is 5.82 Å². The van der Waals surface area contributed by atoms with Gasteiger partial charge in [0.1, 0.15) is 0 Å². The zero-order valence-corrected chi connectivity index (χ0v) is 12.0. The van der Waals surface area contributed by atoms with Crippen LogP contribution in [0.15, 0.2) is 33.4 Å². The van der Waals surface area contributed by atoms with Gasteiger partial charge in [0.25, 0.3) is 0 Å². The molecule has 3 N–H and O–H groups in total. The van der Waals surface area contributed by atoms with E-state index in [1.54, 1.807) is 18.2 Å². The molecule has 3 nitrogen and oxygen atoms in total. The molecule has 1 unspecified atom stereocenters. The molecule has 0 bridgehead atoms. The average molecular weight is 331 g/mol. The Balaban J connectivity index is 2.45. The van der Waals surface area contributed by atoms with Gasteiger partial charge in [0.05, 0.1) is 16.9 Å². The van der Waals surface area contributed by atoms with Crippen molar-refractivity contribution in [1.82, 2.24) is 5.43 Å². The fourth-order valence-corrected chi connectivity index (χ4v) is 2.95. The highest BCUT2D eigenvalue weighted by Gasteiger charge is 2.20. The Labute approximate surface area is 117 Å². The van der Waals surface area contributed by atoms with Gasteiger partial charge in [-0.05, 0) is 39.0 Å². The summed E-state index contributed by atoms with van der Waals surface area (Å²) >= 11 is 4.91. The summed E-state index contributed by atoms with van der Waals surface area (Å²) in [6.07, 6.45) is 0. The number of benzene rings is 1. The van der Waals surface area contributed by atoms with Crippen molar-refractivity contribution in [3.8, 4) is 5.75 Å². The molecular weight excluding hydrogens is 319 g/mol. The summed E-state index contributed by atoms with van der Waals surface area (Å²) in [5.74, 6) is 5.35. The number of hydrogen-bond donors (Lipinski definition) is 2. The minimum Gasteiger partial charge on any atom is -0.494 e. The second-order valence-electron chi connectivity index (χ2n) is 3.65. The Bertz CT molecular complexity index is 547. The van der Waals surface area contributed by atoms with Gasteiger partial charge in [-0.2, -0.15) is 0 Å². The number of nitrogens with two attached hydrogens (primary N) is 1. The predicted octanol–water partition coefficient (Wildman–Crippen LogP) is 3.21. The van der Waals surface area contributed by atoms with Gasteiger partial charge in [-0.1, -0.05) is 12.1 Å². The smallest absolute Gasteiger partial charge is 0.170 e. The third-order valence-electron chi connectivity index (χ3n) is 2.61. The van der Waals surface area contributed by atoms with E-state index in [1.807, 2.05) is 11.4 Å².